The molecule has 4 fully saturated rings. The van der Waals surface area contributed by atoms with Crippen molar-refractivity contribution in [3.05, 3.63) is 23.5 Å². The highest BCUT2D eigenvalue weighted by Gasteiger charge is 2.61. The fraction of sp³-hybridized carbons (Fsp3) is 0.760. The SMILES string of the molecule is CCn1cc(/C=C2/C[C@@H]3[C@H]4CC[C@H]5C[C@H](O)CC[C@]5(C)[C@@H]4CC[C@@]3(C)C2=O)cn1. The topological polar surface area (TPSA) is 55.1 Å². The Bertz CT molecular complexity index is 842. The van der Waals surface area contributed by atoms with Gasteiger partial charge in [-0.3, -0.25) is 9.48 Å². The number of aliphatic hydroxyl groups is 1. The number of aromatic nitrogens is 2. The summed E-state index contributed by atoms with van der Waals surface area (Å²) in [5.41, 5.74) is 2.28. The van der Waals surface area contributed by atoms with Crippen LogP contribution in [-0.2, 0) is 11.3 Å². The molecular formula is C25H36N2O2. The fourth-order valence-corrected chi connectivity index (χ4v) is 7.86. The second kappa shape index (κ2) is 6.80. The van der Waals surface area contributed by atoms with Crippen LogP contribution in [0.5, 0.6) is 0 Å². The summed E-state index contributed by atoms with van der Waals surface area (Å²) in [4.78, 5) is 13.5. The first-order valence-corrected chi connectivity index (χ1v) is 11.8. The number of hydrogen-bond donors (Lipinski definition) is 1. The molecule has 0 aliphatic heterocycles. The Morgan fingerprint density at radius 3 is 2.79 bits per heavy atom. The van der Waals surface area contributed by atoms with Gasteiger partial charge >= 0.3 is 0 Å². The molecule has 0 aromatic carbocycles. The molecule has 158 valence electrons. The molecule has 1 heterocycles. The van der Waals surface area contributed by atoms with E-state index in [0.717, 1.165) is 55.7 Å². The van der Waals surface area contributed by atoms with Crippen LogP contribution in [0.15, 0.2) is 18.0 Å². The highest BCUT2D eigenvalue weighted by molar-refractivity contribution is 6.05. The normalized spacial score (nSPS) is 45.7. The Kier molecular flexibility index (Phi) is 4.58. The van der Waals surface area contributed by atoms with Crippen LogP contribution in [0.3, 0.4) is 0 Å². The van der Waals surface area contributed by atoms with E-state index in [9.17, 15) is 9.90 Å². The largest absolute Gasteiger partial charge is 0.393 e. The molecule has 4 saturated carbocycles. The number of carbonyl (C=O) groups is 1. The molecule has 0 radical (unpaired) electrons. The molecule has 4 aliphatic rings. The minimum Gasteiger partial charge on any atom is -0.393 e. The molecule has 5 rings (SSSR count). The first-order chi connectivity index (χ1) is 13.8. The Labute approximate surface area is 174 Å². The van der Waals surface area contributed by atoms with Gasteiger partial charge in [-0.15, -0.1) is 0 Å². The molecule has 0 bridgehead atoms. The average Bonchev–Trinajstić information content (AvgIpc) is 3.26. The van der Waals surface area contributed by atoms with E-state index in [0.29, 0.717) is 29.0 Å². The molecule has 0 unspecified atom stereocenters. The molecule has 0 amide bonds. The van der Waals surface area contributed by atoms with Crippen molar-refractivity contribution < 1.29 is 9.90 Å². The summed E-state index contributed by atoms with van der Waals surface area (Å²) >= 11 is 0. The first kappa shape index (κ1) is 19.5. The lowest BCUT2D eigenvalue weighted by molar-refractivity contribution is -0.141. The van der Waals surface area contributed by atoms with E-state index < -0.39 is 0 Å². The summed E-state index contributed by atoms with van der Waals surface area (Å²) in [6.45, 7) is 7.71. The molecule has 4 heteroatoms. The van der Waals surface area contributed by atoms with Gasteiger partial charge in [-0.05, 0) is 99.0 Å². The molecule has 4 nitrogen and oxygen atoms in total. The third kappa shape index (κ3) is 2.89. The van der Waals surface area contributed by atoms with Crippen LogP contribution in [0.1, 0.15) is 77.7 Å². The van der Waals surface area contributed by atoms with Gasteiger partial charge in [-0.2, -0.15) is 5.10 Å². The zero-order valence-corrected chi connectivity index (χ0v) is 18.2. The van der Waals surface area contributed by atoms with Crippen LogP contribution in [-0.4, -0.2) is 26.8 Å². The van der Waals surface area contributed by atoms with Gasteiger partial charge in [-0.1, -0.05) is 13.8 Å². The first-order valence-electron chi connectivity index (χ1n) is 11.8. The average molecular weight is 397 g/mol. The van der Waals surface area contributed by atoms with Gasteiger partial charge in [0, 0.05) is 23.7 Å². The van der Waals surface area contributed by atoms with E-state index in [1.54, 1.807) is 0 Å². The minimum atomic E-state index is -0.175. The van der Waals surface area contributed by atoms with E-state index >= 15 is 0 Å². The van der Waals surface area contributed by atoms with Crippen molar-refractivity contribution in [2.45, 2.75) is 84.8 Å². The van der Waals surface area contributed by atoms with Gasteiger partial charge in [0.05, 0.1) is 12.3 Å². The molecular weight excluding hydrogens is 360 g/mol. The van der Waals surface area contributed by atoms with E-state index in [4.69, 9.17) is 0 Å². The highest BCUT2D eigenvalue weighted by atomic mass is 16.3. The lowest BCUT2D eigenvalue weighted by Crippen LogP contribution is -2.54. The predicted octanol–water partition coefficient (Wildman–Crippen LogP) is 4.87. The number of aryl methyl sites for hydroxylation is 1. The van der Waals surface area contributed by atoms with Crippen LogP contribution in [0.2, 0.25) is 0 Å². The third-order valence-electron chi connectivity index (χ3n) is 9.60. The van der Waals surface area contributed by atoms with Crippen molar-refractivity contribution in [2.75, 3.05) is 0 Å². The van der Waals surface area contributed by atoms with Crippen molar-refractivity contribution in [1.82, 2.24) is 9.78 Å². The number of Topliss-reactive ketones (excluding diaryl/α,β-unsaturated/α-hetero) is 1. The summed E-state index contributed by atoms with van der Waals surface area (Å²) in [7, 11) is 0. The molecule has 1 N–H and O–H groups in total. The Balaban J connectivity index is 1.43. The molecule has 1 aromatic heterocycles. The number of rotatable bonds is 2. The number of aliphatic hydroxyl groups excluding tert-OH is 1. The number of hydrogen-bond acceptors (Lipinski definition) is 3. The maximum Gasteiger partial charge on any atom is 0.165 e. The van der Waals surface area contributed by atoms with E-state index in [1.165, 1.54) is 19.3 Å². The second-order valence-electron chi connectivity index (χ2n) is 10.9. The van der Waals surface area contributed by atoms with Crippen LogP contribution in [0, 0.1) is 34.5 Å². The lowest BCUT2D eigenvalue weighted by Gasteiger charge is -2.59. The summed E-state index contributed by atoms with van der Waals surface area (Å²) in [5, 5.41) is 14.6. The molecule has 29 heavy (non-hydrogen) atoms. The van der Waals surface area contributed by atoms with Crippen molar-refractivity contribution in [3.8, 4) is 0 Å². The second-order valence-corrected chi connectivity index (χ2v) is 10.9. The number of ketones is 1. The highest BCUT2D eigenvalue weighted by Crippen LogP contribution is 2.66. The summed E-state index contributed by atoms with van der Waals surface area (Å²) in [5.74, 6) is 2.95. The Hall–Kier alpha value is -1.42. The monoisotopic (exact) mass is 396 g/mol. The van der Waals surface area contributed by atoms with Gasteiger partial charge in [0.2, 0.25) is 0 Å². The quantitative estimate of drug-likeness (QED) is 0.726. The summed E-state index contributed by atoms with van der Waals surface area (Å²) in [6, 6.07) is 0. The lowest BCUT2D eigenvalue weighted by atomic mass is 9.45. The smallest absolute Gasteiger partial charge is 0.165 e. The number of allylic oxidation sites excluding steroid dienone is 1. The van der Waals surface area contributed by atoms with Gasteiger partial charge < -0.3 is 5.11 Å². The van der Waals surface area contributed by atoms with Crippen LogP contribution >= 0.6 is 0 Å². The number of nitrogens with zero attached hydrogens (tertiary/aromatic N) is 2. The maximum absolute atomic E-state index is 13.5. The molecule has 1 aromatic rings. The van der Waals surface area contributed by atoms with Crippen LogP contribution < -0.4 is 0 Å². The van der Waals surface area contributed by atoms with Gasteiger partial charge in [0.15, 0.2) is 5.78 Å². The third-order valence-corrected chi connectivity index (χ3v) is 9.60. The zero-order valence-electron chi connectivity index (χ0n) is 18.2. The van der Waals surface area contributed by atoms with Gasteiger partial charge in [-0.25, -0.2) is 0 Å². The van der Waals surface area contributed by atoms with E-state index in [2.05, 4.69) is 31.9 Å². The van der Waals surface area contributed by atoms with Crippen molar-refractivity contribution >= 4 is 11.9 Å². The molecule has 7 atom stereocenters. The zero-order chi connectivity index (χ0) is 20.4. The molecule has 4 aliphatic carbocycles. The number of fused-ring (bicyclic) bond motifs is 5. The standard InChI is InChI=1S/C25H36N2O2/c1-4-27-15-16(14-26-27)11-17-12-22-20-6-5-18-13-19(28)7-9-24(18,2)21(20)8-10-25(22,3)23(17)29/h11,14-15,18-22,28H,4-10,12-13H2,1-3H3/b17-11-/t18-,19+,20-,21+,22+,24-,25+/m0/s1. The Morgan fingerprint density at radius 2 is 2.03 bits per heavy atom. The van der Waals surface area contributed by atoms with Gasteiger partial charge in [0.25, 0.3) is 0 Å². The summed E-state index contributed by atoms with van der Waals surface area (Å²) in [6.07, 6.45) is 14.7. The van der Waals surface area contributed by atoms with Crippen molar-refractivity contribution in [2.24, 2.45) is 34.5 Å². The summed E-state index contributed by atoms with van der Waals surface area (Å²) < 4.78 is 1.93. The Morgan fingerprint density at radius 1 is 1.21 bits per heavy atom. The van der Waals surface area contributed by atoms with Crippen LogP contribution in [0.4, 0.5) is 0 Å². The molecule has 0 saturated heterocycles. The van der Waals surface area contributed by atoms with Crippen molar-refractivity contribution in [3.63, 3.8) is 0 Å². The predicted molar refractivity (Wildman–Crippen MR) is 114 cm³/mol. The van der Waals surface area contributed by atoms with Crippen molar-refractivity contribution in [1.29, 1.82) is 0 Å². The fourth-order valence-electron chi connectivity index (χ4n) is 7.86. The van der Waals surface area contributed by atoms with Crippen LogP contribution in [0.25, 0.3) is 6.08 Å². The molecule has 0 spiro atoms. The van der Waals surface area contributed by atoms with E-state index in [1.807, 2.05) is 17.1 Å². The number of carbonyl (C=O) groups excluding carboxylic acids is 1. The van der Waals surface area contributed by atoms with E-state index in [-0.39, 0.29) is 11.5 Å². The van der Waals surface area contributed by atoms with Gasteiger partial charge in [0.1, 0.15) is 0 Å². The minimum absolute atomic E-state index is 0.0925. The maximum atomic E-state index is 13.5.